The second kappa shape index (κ2) is 5.60. The number of hydrogen-bond acceptors (Lipinski definition) is 7. The number of aromatic amines is 1. The molecule has 0 saturated carbocycles. The minimum absolute atomic E-state index is 0.283. The molecule has 1 amide bonds. The van der Waals surface area contributed by atoms with Gasteiger partial charge in [-0.2, -0.15) is 10.1 Å². The Morgan fingerprint density at radius 2 is 2.19 bits per heavy atom. The van der Waals surface area contributed by atoms with Gasteiger partial charge in [0.2, 0.25) is 17.6 Å². The molecule has 2 aromatic heterocycles. The summed E-state index contributed by atoms with van der Waals surface area (Å²) in [6.07, 6.45) is 1.35. The molecular weight excluding hydrogens is 274 g/mol. The zero-order valence-corrected chi connectivity index (χ0v) is 12.4. The van der Waals surface area contributed by atoms with Crippen molar-refractivity contribution in [3.63, 3.8) is 0 Å². The average Bonchev–Trinajstić information content (AvgIpc) is 3.04. The van der Waals surface area contributed by atoms with E-state index in [2.05, 4.69) is 30.6 Å². The maximum atomic E-state index is 11.9. The van der Waals surface area contributed by atoms with Crippen LogP contribution in [0.25, 0.3) is 11.6 Å². The molecular formula is C12H19N7O2. The maximum absolute atomic E-state index is 11.9. The maximum Gasteiger partial charge on any atom is 0.250 e. The van der Waals surface area contributed by atoms with Gasteiger partial charge in [-0.15, -0.1) is 0 Å². The fourth-order valence-electron chi connectivity index (χ4n) is 1.68. The van der Waals surface area contributed by atoms with E-state index in [-0.39, 0.29) is 17.1 Å². The summed E-state index contributed by atoms with van der Waals surface area (Å²) in [4.78, 5) is 20.1. The van der Waals surface area contributed by atoms with Crippen LogP contribution in [0.1, 0.15) is 39.6 Å². The third-order valence-electron chi connectivity index (χ3n) is 2.88. The first-order valence-electron chi connectivity index (χ1n) is 6.54. The number of nitrogens with one attached hydrogen (secondary N) is 2. The lowest BCUT2D eigenvalue weighted by molar-refractivity contribution is -0.123. The Morgan fingerprint density at radius 1 is 1.48 bits per heavy atom. The lowest BCUT2D eigenvalue weighted by Crippen LogP contribution is -2.44. The van der Waals surface area contributed by atoms with Crippen LogP contribution in [0.15, 0.2) is 10.9 Å². The molecule has 21 heavy (non-hydrogen) atoms. The van der Waals surface area contributed by atoms with Crippen LogP contribution in [0.2, 0.25) is 0 Å². The van der Waals surface area contributed by atoms with E-state index >= 15 is 0 Å². The molecule has 0 bridgehead atoms. The minimum atomic E-state index is -0.619. The third-order valence-corrected chi connectivity index (χ3v) is 2.88. The van der Waals surface area contributed by atoms with Crippen LogP contribution in [-0.2, 0) is 4.79 Å². The van der Waals surface area contributed by atoms with Crippen molar-refractivity contribution < 1.29 is 9.32 Å². The van der Waals surface area contributed by atoms with Crippen molar-refractivity contribution in [2.75, 3.05) is 0 Å². The van der Waals surface area contributed by atoms with Crippen LogP contribution in [0.5, 0.6) is 0 Å². The van der Waals surface area contributed by atoms with E-state index in [4.69, 9.17) is 10.3 Å². The van der Waals surface area contributed by atoms with Crippen molar-refractivity contribution in [3.8, 4) is 11.6 Å². The standard InChI is InChI=1S/C12H19N7O2/c1-6(13)10(20)16-7(12(2,3)4)11-17-9(19-21-11)8-14-5-15-18-8/h5-7H,13H2,1-4H3,(H,16,20)(H,14,15,18)/t6-,7?/m1/s1. The molecule has 9 heteroatoms. The number of aromatic nitrogens is 5. The Kier molecular flexibility index (Phi) is 4.03. The molecule has 2 heterocycles. The normalized spacial score (nSPS) is 14.7. The first-order chi connectivity index (χ1) is 9.79. The molecule has 0 radical (unpaired) electrons. The van der Waals surface area contributed by atoms with Gasteiger partial charge in [-0.3, -0.25) is 9.89 Å². The summed E-state index contributed by atoms with van der Waals surface area (Å²) in [5.74, 6) is 0.695. The van der Waals surface area contributed by atoms with Gasteiger partial charge in [-0.1, -0.05) is 25.9 Å². The lowest BCUT2D eigenvalue weighted by Gasteiger charge is -2.28. The zero-order chi connectivity index (χ0) is 15.6. The summed E-state index contributed by atoms with van der Waals surface area (Å²) in [6.45, 7) is 7.48. The molecule has 0 aromatic carbocycles. The van der Waals surface area contributed by atoms with Crippen LogP contribution < -0.4 is 11.1 Å². The van der Waals surface area contributed by atoms with E-state index < -0.39 is 12.1 Å². The molecule has 9 nitrogen and oxygen atoms in total. The highest BCUT2D eigenvalue weighted by Gasteiger charge is 2.33. The molecule has 2 aromatic rings. The number of nitrogens with two attached hydrogens (primary N) is 1. The van der Waals surface area contributed by atoms with E-state index in [1.54, 1.807) is 6.92 Å². The van der Waals surface area contributed by atoms with Crippen LogP contribution in [0.4, 0.5) is 0 Å². The predicted molar refractivity (Wildman–Crippen MR) is 73.7 cm³/mol. The molecule has 0 aliphatic carbocycles. The summed E-state index contributed by atoms with van der Waals surface area (Å²) >= 11 is 0. The lowest BCUT2D eigenvalue weighted by atomic mass is 9.86. The van der Waals surface area contributed by atoms with Gasteiger partial charge in [0.05, 0.1) is 6.04 Å². The Hall–Kier alpha value is -2.29. The van der Waals surface area contributed by atoms with Crippen LogP contribution in [-0.4, -0.2) is 37.3 Å². The van der Waals surface area contributed by atoms with Crippen molar-refractivity contribution >= 4 is 5.91 Å². The smallest absolute Gasteiger partial charge is 0.250 e. The van der Waals surface area contributed by atoms with Crippen molar-refractivity contribution in [2.45, 2.75) is 39.8 Å². The SMILES string of the molecule is C[C@@H](N)C(=O)NC(c1nc(-c2ncn[nH]2)no1)C(C)(C)C. The highest BCUT2D eigenvalue weighted by molar-refractivity contribution is 5.81. The molecule has 0 aliphatic heterocycles. The van der Waals surface area contributed by atoms with E-state index in [0.29, 0.717) is 11.7 Å². The van der Waals surface area contributed by atoms with Crippen molar-refractivity contribution in [1.29, 1.82) is 0 Å². The van der Waals surface area contributed by atoms with Gasteiger partial charge >= 0.3 is 0 Å². The van der Waals surface area contributed by atoms with Gasteiger partial charge in [0.1, 0.15) is 12.4 Å². The number of amides is 1. The first kappa shape index (κ1) is 15.1. The van der Waals surface area contributed by atoms with Gasteiger partial charge in [0.15, 0.2) is 5.82 Å². The predicted octanol–water partition coefficient (Wildman–Crippen LogP) is 0.405. The second-order valence-corrected chi connectivity index (χ2v) is 5.89. The topological polar surface area (TPSA) is 136 Å². The summed E-state index contributed by atoms with van der Waals surface area (Å²) in [5.41, 5.74) is 5.26. The van der Waals surface area contributed by atoms with Gasteiger partial charge in [0.25, 0.3) is 0 Å². The molecule has 2 rings (SSSR count). The average molecular weight is 293 g/mol. The molecule has 4 N–H and O–H groups in total. The fourth-order valence-corrected chi connectivity index (χ4v) is 1.68. The van der Waals surface area contributed by atoms with E-state index in [9.17, 15) is 4.79 Å². The van der Waals surface area contributed by atoms with E-state index in [1.165, 1.54) is 6.33 Å². The molecule has 0 fully saturated rings. The van der Waals surface area contributed by atoms with Gasteiger partial charge in [-0.05, 0) is 12.3 Å². The summed E-state index contributed by atoms with van der Waals surface area (Å²) in [6, 6.07) is -1.08. The number of nitrogens with zero attached hydrogens (tertiary/aromatic N) is 4. The highest BCUT2D eigenvalue weighted by Crippen LogP contribution is 2.32. The monoisotopic (exact) mass is 293 g/mol. The van der Waals surface area contributed by atoms with E-state index in [1.807, 2.05) is 20.8 Å². The zero-order valence-electron chi connectivity index (χ0n) is 12.4. The van der Waals surface area contributed by atoms with Gasteiger partial charge in [0, 0.05) is 0 Å². The van der Waals surface area contributed by atoms with Crippen molar-refractivity contribution in [3.05, 3.63) is 12.2 Å². The van der Waals surface area contributed by atoms with Crippen LogP contribution in [0, 0.1) is 5.41 Å². The summed E-state index contributed by atoms with van der Waals surface area (Å²) in [7, 11) is 0. The number of rotatable bonds is 4. The number of carbonyl (C=O) groups is 1. The minimum Gasteiger partial charge on any atom is -0.342 e. The highest BCUT2D eigenvalue weighted by atomic mass is 16.5. The Balaban J connectivity index is 2.27. The summed E-state index contributed by atoms with van der Waals surface area (Å²) < 4.78 is 5.25. The van der Waals surface area contributed by atoms with Crippen LogP contribution >= 0.6 is 0 Å². The molecule has 1 unspecified atom stereocenters. The first-order valence-corrected chi connectivity index (χ1v) is 6.54. The number of hydrogen-bond donors (Lipinski definition) is 3. The fraction of sp³-hybridized carbons (Fsp3) is 0.583. The third kappa shape index (κ3) is 3.43. The molecule has 114 valence electrons. The Labute approximate surface area is 121 Å². The largest absolute Gasteiger partial charge is 0.342 e. The quantitative estimate of drug-likeness (QED) is 0.742. The molecule has 0 saturated heterocycles. The van der Waals surface area contributed by atoms with Gasteiger partial charge < -0.3 is 15.6 Å². The van der Waals surface area contributed by atoms with Crippen LogP contribution in [0.3, 0.4) is 0 Å². The van der Waals surface area contributed by atoms with Gasteiger partial charge in [-0.25, -0.2) is 4.98 Å². The Bertz CT molecular complexity index is 597. The number of carbonyl (C=O) groups excluding carboxylic acids is 1. The molecule has 0 spiro atoms. The second-order valence-electron chi connectivity index (χ2n) is 5.89. The molecule has 2 atom stereocenters. The van der Waals surface area contributed by atoms with Crippen molar-refractivity contribution in [1.82, 2.24) is 30.6 Å². The van der Waals surface area contributed by atoms with Crippen molar-refractivity contribution in [2.24, 2.45) is 11.1 Å². The summed E-state index contributed by atoms with van der Waals surface area (Å²) in [5, 5.41) is 13.0. The number of H-pyrrole nitrogens is 1. The van der Waals surface area contributed by atoms with E-state index in [0.717, 1.165) is 0 Å². The Morgan fingerprint density at radius 3 is 2.71 bits per heavy atom. The molecule has 0 aliphatic rings.